The van der Waals surface area contributed by atoms with Crippen molar-refractivity contribution in [2.24, 2.45) is 17.8 Å². The monoisotopic (exact) mass is 400 g/mol. The summed E-state index contributed by atoms with van der Waals surface area (Å²) in [5.41, 5.74) is 1.22. The van der Waals surface area contributed by atoms with E-state index in [-0.39, 0.29) is 0 Å². The Morgan fingerprint density at radius 1 is 1.00 bits per heavy atom. The van der Waals surface area contributed by atoms with Crippen molar-refractivity contribution in [2.45, 2.75) is 108 Å². The second-order valence-corrected chi connectivity index (χ2v) is 10.8. The molecule has 2 bridgehead atoms. The number of piperidine rings is 1. The van der Waals surface area contributed by atoms with E-state index in [4.69, 9.17) is 9.26 Å². The van der Waals surface area contributed by atoms with Crippen molar-refractivity contribution in [3.63, 3.8) is 0 Å². The smallest absolute Gasteiger partial charge is 0.141 e. The summed E-state index contributed by atoms with van der Waals surface area (Å²) in [5, 5.41) is 4.63. The zero-order valence-corrected chi connectivity index (χ0v) is 18.7. The van der Waals surface area contributed by atoms with Crippen LogP contribution in [0.3, 0.4) is 0 Å². The highest BCUT2D eigenvalue weighted by Crippen LogP contribution is 2.52. The standard InChI is InChI=1S/C25H40N2O2/c1-16-4-6-17(7-5-16)21-14-19-10-13-23(27(19)2)25(21)24-15-22(26-29-24)18-8-11-20(28-3)12-9-18/h15-21,23,25H,4-14H2,1-3H3/t16?,17?,18?,19-,20?,21-,23?,25+/m1/s1. The molecule has 1 unspecified atom stereocenters. The molecule has 162 valence electrons. The maximum Gasteiger partial charge on any atom is 0.141 e. The Balaban J connectivity index is 1.36. The minimum absolute atomic E-state index is 0.443. The van der Waals surface area contributed by atoms with Crippen LogP contribution in [-0.2, 0) is 4.74 Å². The molecule has 3 heterocycles. The highest BCUT2D eigenvalue weighted by molar-refractivity contribution is 5.20. The summed E-state index contributed by atoms with van der Waals surface area (Å²) in [5.74, 6) is 4.92. The summed E-state index contributed by atoms with van der Waals surface area (Å²) in [6, 6.07) is 3.82. The van der Waals surface area contributed by atoms with Crippen LogP contribution in [0.5, 0.6) is 0 Å². The third-order valence-corrected chi connectivity index (χ3v) is 9.28. The largest absolute Gasteiger partial charge is 0.381 e. The first-order valence-electron chi connectivity index (χ1n) is 12.3. The Bertz CT molecular complexity index is 672. The highest BCUT2D eigenvalue weighted by Gasteiger charge is 2.50. The molecular weight excluding hydrogens is 360 g/mol. The number of rotatable bonds is 4. The number of methoxy groups -OCH3 is 1. The van der Waals surface area contributed by atoms with Crippen LogP contribution in [0.15, 0.2) is 10.6 Å². The van der Waals surface area contributed by atoms with E-state index >= 15 is 0 Å². The van der Waals surface area contributed by atoms with Gasteiger partial charge in [0, 0.05) is 37.1 Å². The number of nitrogens with zero attached hydrogens (tertiary/aromatic N) is 2. The molecular formula is C25H40N2O2. The van der Waals surface area contributed by atoms with Crippen molar-refractivity contribution in [3.8, 4) is 0 Å². The summed E-state index contributed by atoms with van der Waals surface area (Å²) >= 11 is 0. The molecule has 5 rings (SSSR count). The van der Waals surface area contributed by atoms with E-state index in [0.29, 0.717) is 24.0 Å². The van der Waals surface area contributed by atoms with Gasteiger partial charge < -0.3 is 9.26 Å². The summed E-state index contributed by atoms with van der Waals surface area (Å²) in [4.78, 5) is 2.68. The van der Waals surface area contributed by atoms with Gasteiger partial charge in [-0.15, -0.1) is 0 Å². The fraction of sp³-hybridized carbons (Fsp3) is 0.880. The summed E-state index contributed by atoms with van der Waals surface area (Å²) < 4.78 is 11.7. The number of fused-ring (bicyclic) bond motifs is 2. The molecule has 0 amide bonds. The van der Waals surface area contributed by atoms with Gasteiger partial charge in [-0.2, -0.15) is 0 Å². The van der Waals surface area contributed by atoms with Crippen LogP contribution in [0.2, 0.25) is 0 Å². The zero-order chi connectivity index (χ0) is 20.0. The average molecular weight is 401 g/mol. The summed E-state index contributed by atoms with van der Waals surface area (Å²) in [7, 11) is 4.21. The summed E-state index contributed by atoms with van der Waals surface area (Å²) in [6.07, 6.45) is 14.9. The molecule has 0 radical (unpaired) electrons. The van der Waals surface area contributed by atoms with Crippen molar-refractivity contribution in [2.75, 3.05) is 14.2 Å². The third kappa shape index (κ3) is 3.80. The first-order chi connectivity index (χ1) is 14.1. The maximum atomic E-state index is 6.14. The van der Waals surface area contributed by atoms with Crippen LogP contribution in [-0.4, -0.2) is 42.4 Å². The Morgan fingerprint density at radius 3 is 2.48 bits per heavy atom. The third-order valence-electron chi connectivity index (χ3n) is 9.28. The molecule has 1 aromatic heterocycles. The Kier molecular flexibility index (Phi) is 5.77. The van der Waals surface area contributed by atoms with Crippen LogP contribution in [0.25, 0.3) is 0 Å². The van der Waals surface area contributed by atoms with Crippen molar-refractivity contribution in [3.05, 3.63) is 17.5 Å². The zero-order valence-electron chi connectivity index (χ0n) is 18.7. The van der Waals surface area contributed by atoms with Crippen molar-refractivity contribution in [1.29, 1.82) is 0 Å². The van der Waals surface area contributed by atoms with Gasteiger partial charge in [0.2, 0.25) is 0 Å². The van der Waals surface area contributed by atoms with E-state index < -0.39 is 0 Å². The molecule has 2 saturated carbocycles. The number of likely N-dealkylation sites (N-methyl/N-ethyl adjacent to an activating group) is 1. The van der Waals surface area contributed by atoms with Gasteiger partial charge in [0.15, 0.2) is 0 Å². The average Bonchev–Trinajstić information content (AvgIpc) is 3.31. The molecule has 0 N–H and O–H groups in total. The molecule has 4 atom stereocenters. The predicted octanol–water partition coefficient (Wildman–Crippen LogP) is 5.74. The lowest BCUT2D eigenvalue weighted by molar-refractivity contribution is 0.0469. The molecule has 4 fully saturated rings. The Hall–Kier alpha value is -0.870. The van der Waals surface area contributed by atoms with Crippen molar-refractivity contribution >= 4 is 0 Å². The predicted molar refractivity (Wildman–Crippen MR) is 115 cm³/mol. The molecule has 0 spiro atoms. The minimum Gasteiger partial charge on any atom is -0.381 e. The molecule has 29 heavy (non-hydrogen) atoms. The maximum absolute atomic E-state index is 6.14. The first kappa shape index (κ1) is 20.1. The van der Waals surface area contributed by atoms with Gasteiger partial charge in [0.05, 0.1) is 11.8 Å². The lowest BCUT2D eigenvalue weighted by Crippen LogP contribution is -2.47. The van der Waals surface area contributed by atoms with Crippen LogP contribution in [0, 0.1) is 17.8 Å². The highest BCUT2D eigenvalue weighted by atomic mass is 16.5. The van der Waals surface area contributed by atoms with E-state index in [1.54, 1.807) is 0 Å². The fourth-order valence-electron chi connectivity index (χ4n) is 7.35. The minimum atomic E-state index is 0.443. The molecule has 2 saturated heterocycles. The molecule has 2 aliphatic heterocycles. The molecule has 4 aliphatic rings. The molecule has 4 heteroatoms. The second kappa shape index (κ2) is 8.34. The lowest BCUT2D eigenvalue weighted by Gasteiger charge is -2.46. The van der Waals surface area contributed by atoms with Gasteiger partial charge in [-0.05, 0) is 82.6 Å². The quantitative estimate of drug-likeness (QED) is 0.646. The second-order valence-electron chi connectivity index (χ2n) is 10.8. The van der Waals surface area contributed by atoms with Crippen molar-refractivity contribution in [1.82, 2.24) is 10.1 Å². The SMILES string of the molecule is COC1CCC(c2cc([C@@H]3C4CC[C@H](C[C@@H]3C3CCC(C)CC3)N4C)on2)CC1. The van der Waals surface area contributed by atoms with Gasteiger partial charge in [-0.3, -0.25) is 4.90 Å². The van der Waals surface area contributed by atoms with E-state index in [1.165, 1.54) is 69.2 Å². The van der Waals surface area contributed by atoms with Crippen LogP contribution >= 0.6 is 0 Å². The first-order valence-corrected chi connectivity index (χ1v) is 12.3. The Morgan fingerprint density at radius 2 is 1.76 bits per heavy atom. The summed E-state index contributed by atoms with van der Waals surface area (Å²) in [6.45, 7) is 2.44. The fourth-order valence-corrected chi connectivity index (χ4v) is 7.35. The topological polar surface area (TPSA) is 38.5 Å². The Labute approximate surface area is 176 Å². The van der Waals surface area contributed by atoms with E-state index in [1.807, 2.05) is 7.11 Å². The molecule has 2 aliphatic carbocycles. The number of aromatic nitrogens is 1. The van der Waals surface area contributed by atoms with Crippen LogP contribution in [0.4, 0.5) is 0 Å². The van der Waals surface area contributed by atoms with E-state index in [0.717, 1.165) is 36.6 Å². The van der Waals surface area contributed by atoms with Gasteiger partial charge in [-0.1, -0.05) is 24.9 Å². The molecule has 0 aromatic carbocycles. The van der Waals surface area contributed by atoms with Gasteiger partial charge in [-0.25, -0.2) is 0 Å². The van der Waals surface area contributed by atoms with Gasteiger partial charge >= 0.3 is 0 Å². The lowest BCUT2D eigenvalue weighted by atomic mass is 9.66. The van der Waals surface area contributed by atoms with Gasteiger partial charge in [0.25, 0.3) is 0 Å². The van der Waals surface area contributed by atoms with E-state index in [9.17, 15) is 0 Å². The number of ether oxygens (including phenoxy) is 1. The van der Waals surface area contributed by atoms with E-state index in [2.05, 4.69) is 30.1 Å². The molecule has 4 nitrogen and oxygen atoms in total. The van der Waals surface area contributed by atoms with Crippen molar-refractivity contribution < 1.29 is 9.26 Å². The molecule has 1 aromatic rings. The van der Waals surface area contributed by atoms with Crippen LogP contribution < -0.4 is 0 Å². The van der Waals surface area contributed by atoms with Gasteiger partial charge in [0.1, 0.15) is 5.76 Å². The van der Waals surface area contributed by atoms with Crippen LogP contribution in [0.1, 0.15) is 101 Å². The number of hydrogen-bond donors (Lipinski definition) is 0. The normalized spacial score (nSPS) is 43.6. The number of hydrogen-bond acceptors (Lipinski definition) is 4.